The van der Waals surface area contributed by atoms with E-state index in [1.807, 2.05) is 29.5 Å². The quantitative estimate of drug-likeness (QED) is 0.626. The van der Waals surface area contributed by atoms with Crippen LogP contribution in [0.5, 0.6) is 0 Å². The number of piperidine rings is 1. The maximum Gasteiger partial charge on any atom is 0.262 e. The van der Waals surface area contributed by atoms with E-state index in [4.69, 9.17) is 0 Å². The summed E-state index contributed by atoms with van der Waals surface area (Å²) in [6.45, 7) is 10.1. The molecule has 30 heavy (non-hydrogen) atoms. The molecule has 0 spiro atoms. The fraction of sp³-hybridized carbons (Fsp3) is 0.545. The van der Waals surface area contributed by atoms with E-state index in [0.29, 0.717) is 26.1 Å². The van der Waals surface area contributed by atoms with Crippen molar-refractivity contribution >= 4 is 27.5 Å². The zero-order valence-electron chi connectivity index (χ0n) is 18.1. The number of hydrogen-bond acceptors (Lipinski definition) is 5. The number of amides is 1. The highest BCUT2D eigenvalue weighted by atomic mass is 32.1. The molecular formula is C22H29N5O2S. The summed E-state index contributed by atoms with van der Waals surface area (Å²) in [4.78, 5) is 34.3. The van der Waals surface area contributed by atoms with Crippen molar-refractivity contribution in [2.75, 3.05) is 13.1 Å². The van der Waals surface area contributed by atoms with Crippen LogP contribution >= 0.6 is 11.3 Å². The van der Waals surface area contributed by atoms with Crippen LogP contribution in [0.4, 0.5) is 0 Å². The first kappa shape index (κ1) is 20.8. The number of rotatable bonds is 5. The van der Waals surface area contributed by atoms with Gasteiger partial charge in [0.25, 0.3) is 5.56 Å². The van der Waals surface area contributed by atoms with Gasteiger partial charge in [0.05, 0.1) is 17.4 Å². The van der Waals surface area contributed by atoms with Gasteiger partial charge < -0.3 is 4.90 Å². The number of thiophene rings is 1. The van der Waals surface area contributed by atoms with Crippen LogP contribution in [0.2, 0.25) is 0 Å². The summed E-state index contributed by atoms with van der Waals surface area (Å²) in [6.07, 6.45) is 4.56. The van der Waals surface area contributed by atoms with Crippen molar-refractivity contribution in [3.8, 4) is 0 Å². The highest BCUT2D eigenvalue weighted by Crippen LogP contribution is 2.28. The van der Waals surface area contributed by atoms with Crippen molar-refractivity contribution in [1.29, 1.82) is 0 Å². The standard InChI is InChI=1S/C22H29N5O2S/c1-5-18-16(4)30-21-20(18)22(29)26(13-23-21)17-6-9-25(10-7-17)19(28)8-11-27-15(3)12-14(2)24-27/h12-13,17H,5-11H2,1-4H3. The Kier molecular flexibility index (Phi) is 5.77. The Morgan fingerprint density at radius 2 is 1.97 bits per heavy atom. The third-order valence-corrected chi connectivity index (χ3v) is 7.20. The fourth-order valence-electron chi connectivity index (χ4n) is 4.51. The molecule has 0 radical (unpaired) electrons. The van der Waals surface area contributed by atoms with Crippen LogP contribution in [0.1, 0.15) is 54.1 Å². The van der Waals surface area contributed by atoms with Gasteiger partial charge in [-0.05, 0) is 51.7 Å². The molecule has 4 rings (SSSR count). The average Bonchev–Trinajstić information content (AvgIpc) is 3.24. The van der Waals surface area contributed by atoms with Gasteiger partial charge in [0.15, 0.2) is 0 Å². The lowest BCUT2D eigenvalue weighted by Gasteiger charge is -2.33. The van der Waals surface area contributed by atoms with E-state index in [1.165, 1.54) is 4.88 Å². The number of aromatic nitrogens is 4. The summed E-state index contributed by atoms with van der Waals surface area (Å²) < 4.78 is 3.69. The van der Waals surface area contributed by atoms with Crippen molar-refractivity contribution in [3.05, 3.63) is 44.6 Å². The van der Waals surface area contributed by atoms with Gasteiger partial charge in [-0.1, -0.05) is 6.92 Å². The van der Waals surface area contributed by atoms with Crippen LogP contribution in [0.15, 0.2) is 17.2 Å². The predicted molar refractivity (Wildman–Crippen MR) is 119 cm³/mol. The molecule has 160 valence electrons. The second kappa shape index (κ2) is 8.34. The summed E-state index contributed by atoms with van der Waals surface area (Å²) in [7, 11) is 0. The van der Waals surface area contributed by atoms with E-state index >= 15 is 0 Å². The van der Waals surface area contributed by atoms with Crippen LogP contribution in [0.25, 0.3) is 10.2 Å². The van der Waals surface area contributed by atoms with Gasteiger partial charge in [0, 0.05) is 42.7 Å². The second-order valence-electron chi connectivity index (χ2n) is 8.14. The molecule has 8 heteroatoms. The van der Waals surface area contributed by atoms with E-state index < -0.39 is 0 Å². The normalized spacial score (nSPS) is 15.3. The average molecular weight is 428 g/mol. The van der Waals surface area contributed by atoms with E-state index in [9.17, 15) is 9.59 Å². The number of fused-ring (bicyclic) bond motifs is 1. The number of carbonyl (C=O) groups is 1. The topological polar surface area (TPSA) is 73.0 Å². The maximum atomic E-state index is 13.2. The molecule has 1 saturated heterocycles. The molecule has 3 aromatic rings. The molecule has 3 aromatic heterocycles. The predicted octanol–water partition coefficient (Wildman–Crippen LogP) is 3.40. The van der Waals surface area contributed by atoms with Crippen molar-refractivity contribution in [3.63, 3.8) is 0 Å². The minimum absolute atomic E-state index is 0.0653. The summed E-state index contributed by atoms with van der Waals surface area (Å²) in [6, 6.07) is 2.12. The molecule has 0 bridgehead atoms. The number of hydrogen-bond donors (Lipinski definition) is 0. The van der Waals surface area contributed by atoms with Crippen molar-refractivity contribution in [2.45, 2.75) is 66.0 Å². The van der Waals surface area contributed by atoms with Gasteiger partial charge >= 0.3 is 0 Å². The Bertz CT molecular complexity index is 1130. The molecule has 1 fully saturated rings. The van der Waals surface area contributed by atoms with Crippen molar-refractivity contribution < 1.29 is 4.79 Å². The molecule has 0 unspecified atom stereocenters. The Balaban J connectivity index is 1.42. The van der Waals surface area contributed by atoms with Crippen molar-refractivity contribution in [2.24, 2.45) is 0 Å². The van der Waals surface area contributed by atoms with Gasteiger partial charge in [-0.15, -0.1) is 11.3 Å². The maximum absolute atomic E-state index is 13.2. The first-order chi connectivity index (χ1) is 14.4. The zero-order chi connectivity index (χ0) is 21.4. The van der Waals surface area contributed by atoms with E-state index in [0.717, 1.165) is 46.4 Å². The highest BCUT2D eigenvalue weighted by Gasteiger charge is 2.25. The Morgan fingerprint density at radius 1 is 1.23 bits per heavy atom. The largest absolute Gasteiger partial charge is 0.342 e. The summed E-state index contributed by atoms with van der Waals surface area (Å²) in [5.74, 6) is 0.156. The third-order valence-electron chi connectivity index (χ3n) is 6.14. The van der Waals surface area contributed by atoms with Gasteiger partial charge in [0.2, 0.25) is 5.91 Å². The zero-order valence-corrected chi connectivity index (χ0v) is 19.0. The first-order valence-electron chi connectivity index (χ1n) is 10.7. The van der Waals surface area contributed by atoms with Gasteiger partial charge in [-0.3, -0.25) is 18.8 Å². The second-order valence-corrected chi connectivity index (χ2v) is 9.34. The molecule has 0 atom stereocenters. The van der Waals surface area contributed by atoms with Gasteiger partial charge in [0.1, 0.15) is 4.83 Å². The molecule has 0 aliphatic carbocycles. The lowest BCUT2D eigenvalue weighted by Crippen LogP contribution is -2.41. The molecule has 0 saturated carbocycles. The van der Waals surface area contributed by atoms with Crippen LogP contribution in [-0.2, 0) is 17.8 Å². The molecule has 1 amide bonds. The number of carbonyl (C=O) groups excluding carboxylic acids is 1. The van der Waals surface area contributed by atoms with Crippen LogP contribution in [-0.4, -0.2) is 43.2 Å². The summed E-state index contributed by atoms with van der Waals surface area (Å²) in [5, 5.41) is 5.21. The molecule has 1 aliphatic rings. The van der Waals surface area contributed by atoms with E-state index in [-0.39, 0.29) is 17.5 Å². The Labute approximate surface area is 180 Å². The summed E-state index contributed by atoms with van der Waals surface area (Å²) in [5.41, 5.74) is 3.24. The van der Waals surface area contributed by atoms with Crippen LogP contribution < -0.4 is 5.56 Å². The number of nitrogens with zero attached hydrogens (tertiary/aromatic N) is 5. The number of aryl methyl sites for hydroxylation is 5. The van der Waals surface area contributed by atoms with E-state index in [1.54, 1.807) is 22.2 Å². The Morgan fingerprint density at radius 3 is 2.60 bits per heavy atom. The van der Waals surface area contributed by atoms with Crippen LogP contribution in [0, 0.1) is 20.8 Å². The minimum atomic E-state index is 0.0653. The minimum Gasteiger partial charge on any atom is -0.342 e. The third kappa shape index (κ3) is 3.80. The lowest BCUT2D eigenvalue weighted by molar-refractivity contribution is -0.132. The Hall–Kier alpha value is -2.48. The smallest absolute Gasteiger partial charge is 0.262 e. The SMILES string of the molecule is CCc1c(C)sc2ncn(C3CCN(C(=O)CCn4nc(C)cc4C)CC3)c(=O)c12. The molecule has 7 nitrogen and oxygen atoms in total. The molecule has 0 aromatic carbocycles. The lowest BCUT2D eigenvalue weighted by atomic mass is 10.0. The van der Waals surface area contributed by atoms with Crippen molar-refractivity contribution in [1.82, 2.24) is 24.2 Å². The fourth-order valence-corrected chi connectivity index (χ4v) is 5.58. The molecule has 1 aliphatic heterocycles. The molecule has 0 N–H and O–H groups in total. The van der Waals surface area contributed by atoms with E-state index in [2.05, 4.69) is 23.9 Å². The summed E-state index contributed by atoms with van der Waals surface area (Å²) >= 11 is 1.60. The number of likely N-dealkylation sites (tertiary alicyclic amines) is 1. The highest BCUT2D eigenvalue weighted by molar-refractivity contribution is 7.18. The monoisotopic (exact) mass is 427 g/mol. The van der Waals surface area contributed by atoms with Gasteiger partial charge in [-0.25, -0.2) is 4.98 Å². The first-order valence-corrected chi connectivity index (χ1v) is 11.5. The van der Waals surface area contributed by atoms with Gasteiger partial charge in [-0.2, -0.15) is 5.10 Å². The molecular weight excluding hydrogens is 398 g/mol. The molecule has 4 heterocycles. The van der Waals surface area contributed by atoms with Crippen LogP contribution in [0.3, 0.4) is 0 Å².